The molecule has 0 radical (unpaired) electrons. The molecule has 0 unspecified atom stereocenters. The second kappa shape index (κ2) is 4.59. The second-order valence-corrected chi connectivity index (χ2v) is 2.73. The molecule has 1 aromatic heterocycles. The maximum Gasteiger partial charge on any atom is 0.311 e. The van der Waals surface area contributed by atoms with Gasteiger partial charge in [-0.05, 0) is 6.07 Å². The van der Waals surface area contributed by atoms with Crippen molar-refractivity contribution in [3.8, 4) is 6.07 Å². The third-order valence-corrected chi connectivity index (χ3v) is 1.77. The molecule has 0 spiro atoms. The average molecular weight is 229 g/mol. The number of alkyl halides is 2. The lowest BCUT2D eigenvalue weighted by Crippen LogP contribution is -2.04. The summed E-state index contributed by atoms with van der Waals surface area (Å²) in [7, 11) is 0. The summed E-state index contributed by atoms with van der Waals surface area (Å²) in [6, 6.07) is 2.06. The molecule has 1 N–H and O–H groups in total. The predicted octanol–water partition coefficient (Wildman–Crippen LogP) is 1.29. The van der Waals surface area contributed by atoms with Crippen LogP contribution in [-0.2, 0) is 6.61 Å². The minimum atomic E-state index is -2.96. The van der Waals surface area contributed by atoms with Gasteiger partial charge in [-0.15, -0.1) is 0 Å². The molecule has 0 saturated carbocycles. The highest BCUT2D eigenvalue weighted by atomic mass is 19.3. The van der Waals surface area contributed by atoms with Gasteiger partial charge in [0.2, 0.25) is 5.69 Å². The number of halogens is 2. The summed E-state index contributed by atoms with van der Waals surface area (Å²) in [5.41, 5.74) is -2.60. The van der Waals surface area contributed by atoms with E-state index < -0.39 is 35.0 Å². The molecule has 0 bridgehead atoms. The Balaban J connectivity index is 3.51. The van der Waals surface area contributed by atoms with E-state index in [1.807, 2.05) is 0 Å². The van der Waals surface area contributed by atoms with Crippen molar-refractivity contribution in [1.82, 2.24) is 4.98 Å². The summed E-state index contributed by atoms with van der Waals surface area (Å²) in [6.07, 6.45) is -2.96. The molecule has 16 heavy (non-hydrogen) atoms. The lowest BCUT2D eigenvalue weighted by atomic mass is 10.1. The Morgan fingerprint density at radius 1 is 1.69 bits per heavy atom. The standard InChI is InChI=1S/C8H5F2N3O3/c9-8(10)5-1-4(3-14)7(13(15)16)6(2-11)12-5/h1,8,14H,3H2. The maximum atomic E-state index is 12.3. The van der Waals surface area contributed by atoms with Crippen LogP contribution in [0.4, 0.5) is 14.5 Å². The number of aliphatic hydroxyl groups is 1. The van der Waals surface area contributed by atoms with Crippen LogP contribution in [0.5, 0.6) is 0 Å². The number of rotatable bonds is 3. The lowest BCUT2D eigenvalue weighted by molar-refractivity contribution is -0.386. The van der Waals surface area contributed by atoms with Crippen LogP contribution in [0.25, 0.3) is 0 Å². The van der Waals surface area contributed by atoms with Crippen molar-refractivity contribution in [2.24, 2.45) is 0 Å². The fourth-order valence-corrected chi connectivity index (χ4v) is 1.13. The van der Waals surface area contributed by atoms with Crippen LogP contribution in [-0.4, -0.2) is 15.0 Å². The van der Waals surface area contributed by atoms with Crippen LogP contribution in [0.3, 0.4) is 0 Å². The SMILES string of the molecule is N#Cc1nc(C(F)F)cc(CO)c1[N+](=O)[O-]. The van der Waals surface area contributed by atoms with Gasteiger partial charge in [-0.2, -0.15) is 5.26 Å². The van der Waals surface area contributed by atoms with Crippen molar-refractivity contribution in [2.75, 3.05) is 0 Å². The molecule has 0 saturated heterocycles. The van der Waals surface area contributed by atoms with E-state index in [0.717, 1.165) is 0 Å². The summed E-state index contributed by atoms with van der Waals surface area (Å²) >= 11 is 0. The fourth-order valence-electron chi connectivity index (χ4n) is 1.13. The summed E-state index contributed by atoms with van der Waals surface area (Å²) in [5, 5.41) is 27.9. The van der Waals surface area contributed by atoms with Crippen molar-refractivity contribution in [3.05, 3.63) is 33.1 Å². The molecule has 0 aromatic carbocycles. The average Bonchev–Trinajstić information content (AvgIpc) is 2.26. The van der Waals surface area contributed by atoms with Gasteiger partial charge in [0.1, 0.15) is 11.8 Å². The Hall–Kier alpha value is -2.14. The maximum absolute atomic E-state index is 12.3. The van der Waals surface area contributed by atoms with E-state index in [1.165, 1.54) is 6.07 Å². The Kier molecular flexibility index (Phi) is 3.42. The number of nitro groups is 1. The highest BCUT2D eigenvalue weighted by Crippen LogP contribution is 2.27. The smallest absolute Gasteiger partial charge is 0.311 e. The number of pyridine rings is 1. The van der Waals surface area contributed by atoms with Gasteiger partial charge in [-0.3, -0.25) is 10.1 Å². The highest BCUT2D eigenvalue weighted by Gasteiger charge is 2.24. The van der Waals surface area contributed by atoms with E-state index in [9.17, 15) is 18.9 Å². The zero-order chi connectivity index (χ0) is 12.3. The van der Waals surface area contributed by atoms with Crippen LogP contribution >= 0.6 is 0 Å². The normalized spacial score (nSPS) is 10.2. The molecule has 1 heterocycles. The number of nitrogens with zero attached hydrogens (tertiary/aromatic N) is 3. The quantitative estimate of drug-likeness (QED) is 0.621. The van der Waals surface area contributed by atoms with Gasteiger partial charge in [0, 0.05) is 0 Å². The number of hydrogen-bond donors (Lipinski definition) is 1. The molecule has 0 fully saturated rings. The molecule has 0 aliphatic rings. The Morgan fingerprint density at radius 3 is 2.69 bits per heavy atom. The third-order valence-electron chi connectivity index (χ3n) is 1.77. The summed E-state index contributed by atoms with van der Waals surface area (Å²) in [6.45, 7) is -0.812. The molecule has 1 rings (SSSR count). The molecular weight excluding hydrogens is 224 g/mol. The topological polar surface area (TPSA) is 100 Å². The number of aliphatic hydroxyl groups excluding tert-OH is 1. The van der Waals surface area contributed by atoms with Crippen molar-refractivity contribution in [1.29, 1.82) is 5.26 Å². The molecule has 84 valence electrons. The molecule has 0 atom stereocenters. The largest absolute Gasteiger partial charge is 0.391 e. The molecule has 8 heteroatoms. The second-order valence-electron chi connectivity index (χ2n) is 2.73. The first-order chi connectivity index (χ1) is 7.51. The van der Waals surface area contributed by atoms with Gasteiger partial charge in [-0.25, -0.2) is 13.8 Å². The monoisotopic (exact) mass is 229 g/mol. The van der Waals surface area contributed by atoms with Gasteiger partial charge in [0.05, 0.1) is 17.1 Å². The first kappa shape index (κ1) is 11.9. The van der Waals surface area contributed by atoms with Crippen LogP contribution in [0.1, 0.15) is 23.4 Å². The van der Waals surface area contributed by atoms with Gasteiger partial charge < -0.3 is 5.11 Å². The van der Waals surface area contributed by atoms with Gasteiger partial charge in [-0.1, -0.05) is 0 Å². The Labute approximate surface area is 87.9 Å². The van der Waals surface area contributed by atoms with E-state index in [-0.39, 0.29) is 5.56 Å². The van der Waals surface area contributed by atoms with Crippen LogP contribution < -0.4 is 0 Å². The predicted molar refractivity (Wildman–Crippen MR) is 46.5 cm³/mol. The van der Waals surface area contributed by atoms with Crippen molar-refractivity contribution in [3.63, 3.8) is 0 Å². The van der Waals surface area contributed by atoms with E-state index in [2.05, 4.69) is 4.98 Å². The molecule has 0 amide bonds. The van der Waals surface area contributed by atoms with Crippen LogP contribution in [0.15, 0.2) is 6.07 Å². The molecule has 1 aromatic rings. The summed E-state index contributed by atoms with van der Waals surface area (Å²) < 4.78 is 24.6. The Morgan fingerprint density at radius 2 is 2.31 bits per heavy atom. The molecular formula is C8H5F2N3O3. The zero-order valence-electron chi connectivity index (χ0n) is 7.72. The van der Waals surface area contributed by atoms with Gasteiger partial charge >= 0.3 is 5.69 Å². The number of nitriles is 1. The van der Waals surface area contributed by atoms with Gasteiger partial charge in [0.15, 0.2) is 0 Å². The van der Waals surface area contributed by atoms with Crippen molar-refractivity contribution < 1.29 is 18.8 Å². The van der Waals surface area contributed by atoms with Gasteiger partial charge in [0.25, 0.3) is 6.43 Å². The summed E-state index contributed by atoms with van der Waals surface area (Å²) in [4.78, 5) is 12.8. The first-order valence-electron chi connectivity index (χ1n) is 3.98. The molecule has 0 aliphatic carbocycles. The zero-order valence-corrected chi connectivity index (χ0v) is 7.72. The van der Waals surface area contributed by atoms with E-state index in [1.54, 1.807) is 0 Å². The number of aromatic nitrogens is 1. The van der Waals surface area contributed by atoms with Crippen LogP contribution in [0.2, 0.25) is 0 Å². The van der Waals surface area contributed by atoms with E-state index in [0.29, 0.717) is 6.07 Å². The minimum Gasteiger partial charge on any atom is -0.391 e. The summed E-state index contributed by atoms with van der Waals surface area (Å²) in [5.74, 6) is 0. The molecule has 6 nitrogen and oxygen atoms in total. The van der Waals surface area contributed by atoms with Crippen molar-refractivity contribution in [2.45, 2.75) is 13.0 Å². The Bertz CT molecular complexity index is 470. The third kappa shape index (κ3) is 2.09. The highest BCUT2D eigenvalue weighted by molar-refractivity contribution is 5.50. The molecule has 0 aliphatic heterocycles. The van der Waals surface area contributed by atoms with E-state index >= 15 is 0 Å². The number of hydrogen-bond acceptors (Lipinski definition) is 5. The van der Waals surface area contributed by atoms with E-state index in [4.69, 9.17) is 10.4 Å². The van der Waals surface area contributed by atoms with Crippen molar-refractivity contribution >= 4 is 5.69 Å². The minimum absolute atomic E-state index is 0.355. The first-order valence-corrected chi connectivity index (χ1v) is 3.98. The fraction of sp³-hybridized carbons (Fsp3) is 0.250. The van der Waals surface area contributed by atoms with Crippen LogP contribution in [0, 0.1) is 21.4 Å². The lowest BCUT2D eigenvalue weighted by Gasteiger charge is -2.04.